The molecule has 2 bridgehead atoms. The number of nitrogens with two attached hydrogens (primary N) is 1. The molecule has 1 aromatic rings. The minimum atomic E-state index is 0. The van der Waals surface area contributed by atoms with Crippen LogP contribution in [0.25, 0.3) is 5.57 Å². The molecule has 2 atom stereocenters. The van der Waals surface area contributed by atoms with Crippen molar-refractivity contribution in [2.45, 2.75) is 31.3 Å². The summed E-state index contributed by atoms with van der Waals surface area (Å²) in [5.41, 5.74) is 8.03. The van der Waals surface area contributed by atoms with Crippen LogP contribution in [0.3, 0.4) is 0 Å². The van der Waals surface area contributed by atoms with Crippen molar-refractivity contribution < 1.29 is 0 Å². The Kier molecular flexibility index (Phi) is 5.22. The molecule has 1 aromatic heterocycles. The Hall–Kier alpha value is -0.550. The van der Waals surface area contributed by atoms with E-state index in [1.54, 1.807) is 6.07 Å². The largest absolute Gasteiger partial charge is 0.382 e. The van der Waals surface area contributed by atoms with Crippen molar-refractivity contribution in [2.24, 2.45) is 0 Å². The highest BCUT2D eigenvalue weighted by atomic mass is 35.5. The molecule has 2 aliphatic heterocycles. The molecule has 3 N–H and O–H groups in total. The number of halogens is 3. The molecule has 7 heteroatoms. The zero-order valence-electron chi connectivity index (χ0n) is 9.60. The van der Waals surface area contributed by atoms with Gasteiger partial charge in [-0.2, -0.15) is 0 Å². The Morgan fingerprint density at radius 1 is 1.28 bits per heavy atom. The number of nitrogen functional groups attached to an aromatic ring is 1. The minimum Gasteiger partial charge on any atom is -0.382 e. The normalized spacial score (nSPS) is 24.8. The summed E-state index contributed by atoms with van der Waals surface area (Å²) in [6.07, 6.45) is 5.69. The standard InChI is InChI=1S/C11H13ClN4.2ClH/c12-10-5-9(11(13)16-15-10)6-3-7-1-2-8(4-6)14-7;;/h3,5,7-8,14H,1-2,4H2,(H2,13,16);2*1H. The summed E-state index contributed by atoms with van der Waals surface area (Å²) in [5, 5.41) is 11.5. The summed E-state index contributed by atoms with van der Waals surface area (Å²) in [5.74, 6) is 0.469. The van der Waals surface area contributed by atoms with E-state index >= 15 is 0 Å². The van der Waals surface area contributed by atoms with Gasteiger partial charge >= 0.3 is 0 Å². The van der Waals surface area contributed by atoms with Crippen LogP contribution in [0.1, 0.15) is 24.8 Å². The van der Waals surface area contributed by atoms with E-state index in [2.05, 4.69) is 21.6 Å². The van der Waals surface area contributed by atoms with Crippen LogP contribution >= 0.6 is 36.4 Å². The predicted octanol–water partition coefficient (Wildman–Crippen LogP) is 2.46. The van der Waals surface area contributed by atoms with Crippen molar-refractivity contribution in [1.82, 2.24) is 15.5 Å². The number of nitrogens with one attached hydrogen (secondary N) is 1. The predicted molar refractivity (Wildman–Crippen MR) is 78.5 cm³/mol. The lowest BCUT2D eigenvalue weighted by Crippen LogP contribution is -2.32. The molecule has 0 amide bonds. The third-order valence-corrected chi connectivity index (χ3v) is 3.47. The van der Waals surface area contributed by atoms with Gasteiger partial charge in [0.1, 0.15) is 0 Å². The Morgan fingerprint density at radius 3 is 2.78 bits per heavy atom. The molecule has 0 saturated carbocycles. The molecule has 100 valence electrons. The molecule has 1 saturated heterocycles. The summed E-state index contributed by atoms with van der Waals surface area (Å²) < 4.78 is 0. The summed E-state index contributed by atoms with van der Waals surface area (Å²) in [4.78, 5) is 0. The maximum atomic E-state index is 5.85. The van der Waals surface area contributed by atoms with Crippen LogP contribution in [-0.2, 0) is 0 Å². The first-order valence-corrected chi connectivity index (χ1v) is 5.86. The molecule has 4 nitrogen and oxygen atoms in total. The highest BCUT2D eigenvalue weighted by Crippen LogP contribution is 2.34. The zero-order valence-corrected chi connectivity index (χ0v) is 12.0. The van der Waals surface area contributed by atoms with Gasteiger partial charge in [0, 0.05) is 17.6 Å². The molecule has 3 heterocycles. The van der Waals surface area contributed by atoms with Crippen molar-refractivity contribution in [3.63, 3.8) is 0 Å². The quantitative estimate of drug-likeness (QED) is 0.836. The molecule has 3 rings (SSSR count). The lowest BCUT2D eigenvalue weighted by Gasteiger charge is -2.21. The lowest BCUT2D eigenvalue weighted by atomic mass is 9.97. The van der Waals surface area contributed by atoms with Gasteiger partial charge in [-0.05, 0) is 30.9 Å². The summed E-state index contributed by atoms with van der Waals surface area (Å²) in [7, 11) is 0. The molecule has 2 unspecified atom stereocenters. The summed E-state index contributed by atoms with van der Waals surface area (Å²) in [6.45, 7) is 0. The first kappa shape index (κ1) is 15.5. The highest BCUT2D eigenvalue weighted by Gasteiger charge is 2.29. The minimum absolute atomic E-state index is 0. The van der Waals surface area contributed by atoms with E-state index in [1.165, 1.54) is 18.4 Å². The van der Waals surface area contributed by atoms with Crippen LogP contribution in [-0.4, -0.2) is 22.3 Å². The average Bonchev–Trinajstić information content (AvgIpc) is 2.61. The molecule has 1 fully saturated rings. The second kappa shape index (κ2) is 6.06. The first-order chi connectivity index (χ1) is 7.72. The molecule has 0 aromatic carbocycles. The number of rotatable bonds is 1. The maximum absolute atomic E-state index is 5.85. The van der Waals surface area contributed by atoms with Crippen molar-refractivity contribution in [2.75, 3.05) is 5.73 Å². The van der Waals surface area contributed by atoms with Crippen LogP contribution in [0, 0.1) is 0 Å². The number of hydrogen-bond acceptors (Lipinski definition) is 4. The van der Waals surface area contributed by atoms with Gasteiger partial charge in [0.05, 0.1) is 0 Å². The SMILES string of the molecule is Cl.Cl.Nc1nnc(Cl)cc1C1=CC2CCC(C1)N2. The fourth-order valence-electron chi connectivity index (χ4n) is 2.55. The van der Waals surface area contributed by atoms with Gasteiger partial charge < -0.3 is 11.1 Å². The number of anilines is 1. The van der Waals surface area contributed by atoms with Crippen LogP contribution in [0.4, 0.5) is 5.82 Å². The Balaban J connectivity index is 0.000000810. The van der Waals surface area contributed by atoms with E-state index in [9.17, 15) is 0 Å². The van der Waals surface area contributed by atoms with Crippen molar-refractivity contribution >= 4 is 47.8 Å². The Morgan fingerprint density at radius 2 is 2.06 bits per heavy atom. The molecule has 18 heavy (non-hydrogen) atoms. The van der Waals surface area contributed by atoms with E-state index in [1.807, 2.05) is 0 Å². The van der Waals surface area contributed by atoms with E-state index in [4.69, 9.17) is 17.3 Å². The third kappa shape index (κ3) is 2.88. The smallest absolute Gasteiger partial charge is 0.153 e. The van der Waals surface area contributed by atoms with Crippen molar-refractivity contribution in [1.29, 1.82) is 0 Å². The van der Waals surface area contributed by atoms with Gasteiger partial charge in [-0.1, -0.05) is 17.7 Å². The Bertz CT molecular complexity index is 464. The van der Waals surface area contributed by atoms with Gasteiger partial charge in [0.2, 0.25) is 0 Å². The fraction of sp³-hybridized carbons (Fsp3) is 0.455. The maximum Gasteiger partial charge on any atom is 0.153 e. The molecule has 0 spiro atoms. The van der Waals surface area contributed by atoms with Gasteiger partial charge in [-0.3, -0.25) is 0 Å². The van der Waals surface area contributed by atoms with E-state index in [-0.39, 0.29) is 24.8 Å². The third-order valence-electron chi connectivity index (χ3n) is 3.28. The van der Waals surface area contributed by atoms with Gasteiger partial charge in [0.25, 0.3) is 0 Å². The second-order valence-corrected chi connectivity index (χ2v) is 4.80. The summed E-state index contributed by atoms with van der Waals surface area (Å²) >= 11 is 5.85. The lowest BCUT2D eigenvalue weighted by molar-refractivity contribution is 0.575. The van der Waals surface area contributed by atoms with Crippen LogP contribution in [0.5, 0.6) is 0 Å². The van der Waals surface area contributed by atoms with Gasteiger partial charge in [-0.15, -0.1) is 35.0 Å². The van der Waals surface area contributed by atoms with Gasteiger partial charge in [0.15, 0.2) is 11.0 Å². The van der Waals surface area contributed by atoms with Crippen LogP contribution in [0.15, 0.2) is 12.1 Å². The summed E-state index contributed by atoms with van der Waals surface area (Å²) in [6, 6.07) is 2.87. The second-order valence-electron chi connectivity index (χ2n) is 4.41. The highest BCUT2D eigenvalue weighted by molar-refractivity contribution is 6.29. The number of nitrogens with zero attached hydrogens (tertiary/aromatic N) is 2. The monoisotopic (exact) mass is 308 g/mol. The number of hydrogen-bond donors (Lipinski definition) is 2. The zero-order chi connectivity index (χ0) is 11.1. The topological polar surface area (TPSA) is 63.8 Å². The van der Waals surface area contributed by atoms with Crippen molar-refractivity contribution in [3.05, 3.63) is 22.9 Å². The van der Waals surface area contributed by atoms with Crippen molar-refractivity contribution in [3.8, 4) is 0 Å². The Labute approximate surface area is 123 Å². The average molecular weight is 310 g/mol. The van der Waals surface area contributed by atoms with E-state index in [0.717, 1.165) is 12.0 Å². The molecule has 0 aliphatic carbocycles. The van der Waals surface area contributed by atoms with Gasteiger partial charge in [-0.25, -0.2) is 0 Å². The number of fused-ring (bicyclic) bond motifs is 2. The van der Waals surface area contributed by atoms with Crippen LogP contribution < -0.4 is 11.1 Å². The van der Waals surface area contributed by atoms with E-state index in [0.29, 0.717) is 23.1 Å². The fourth-order valence-corrected chi connectivity index (χ4v) is 2.70. The number of aromatic nitrogens is 2. The molecular weight excluding hydrogens is 295 g/mol. The van der Waals surface area contributed by atoms with Crippen LogP contribution in [0.2, 0.25) is 5.15 Å². The van der Waals surface area contributed by atoms with E-state index < -0.39 is 0 Å². The molecule has 0 radical (unpaired) electrons. The first-order valence-electron chi connectivity index (χ1n) is 5.48. The molecule has 2 aliphatic rings. The molecular formula is C11H15Cl3N4.